The molecule has 4 heteroatoms. The van der Waals surface area contributed by atoms with Gasteiger partial charge in [0.2, 0.25) is 0 Å². The van der Waals surface area contributed by atoms with E-state index in [1.54, 1.807) is 0 Å². The summed E-state index contributed by atoms with van der Waals surface area (Å²) in [7, 11) is 0. The minimum atomic E-state index is 0.343. The van der Waals surface area contributed by atoms with Crippen molar-refractivity contribution in [1.29, 1.82) is 0 Å². The first kappa shape index (κ1) is 13.1. The van der Waals surface area contributed by atoms with Crippen LogP contribution in [0.4, 0.5) is 0 Å². The number of thiophene rings is 1. The minimum absolute atomic E-state index is 0.343. The highest BCUT2D eigenvalue weighted by Crippen LogP contribution is 2.41. The van der Waals surface area contributed by atoms with Crippen LogP contribution < -0.4 is 5.32 Å². The Morgan fingerprint density at radius 1 is 1.56 bits per heavy atom. The number of hydrogen-bond acceptors (Lipinski definition) is 3. The van der Waals surface area contributed by atoms with Crippen LogP contribution in [0.5, 0.6) is 0 Å². The van der Waals surface area contributed by atoms with Crippen molar-refractivity contribution in [2.24, 2.45) is 5.92 Å². The van der Waals surface area contributed by atoms with Gasteiger partial charge >= 0.3 is 0 Å². The lowest BCUT2D eigenvalue weighted by molar-refractivity contribution is 0.0777. The zero-order valence-corrected chi connectivity index (χ0v) is 13.5. The normalized spacial score (nSPS) is 33.8. The number of hydrogen-bond donors (Lipinski definition) is 1. The molecule has 1 saturated heterocycles. The van der Waals surface area contributed by atoms with E-state index in [1.807, 2.05) is 11.3 Å². The molecule has 2 unspecified atom stereocenters. The minimum Gasteiger partial charge on any atom is -0.308 e. The van der Waals surface area contributed by atoms with E-state index >= 15 is 0 Å². The van der Waals surface area contributed by atoms with Crippen LogP contribution in [0.1, 0.15) is 31.6 Å². The van der Waals surface area contributed by atoms with Gasteiger partial charge in [-0.15, -0.1) is 11.3 Å². The summed E-state index contributed by atoms with van der Waals surface area (Å²) in [5.74, 6) is 0.902. The first-order valence-corrected chi connectivity index (χ1v) is 8.47. The summed E-state index contributed by atoms with van der Waals surface area (Å²) in [5, 5.41) is 5.95. The molecule has 2 aliphatic rings. The van der Waals surface area contributed by atoms with Crippen LogP contribution in [0.2, 0.25) is 0 Å². The zero-order chi connectivity index (χ0) is 12.8. The molecule has 1 aliphatic heterocycles. The maximum Gasteiger partial charge on any atom is 0.0343 e. The number of rotatable bonds is 3. The molecule has 1 aliphatic carbocycles. The molecule has 0 amide bonds. The molecular formula is C14H21BrN2S. The first-order chi connectivity index (χ1) is 8.58. The highest BCUT2D eigenvalue weighted by atomic mass is 79.9. The lowest BCUT2D eigenvalue weighted by atomic mass is 9.91. The first-order valence-electron chi connectivity index (χ1n) is 6.79. The van der Waals surface area contributed by atoms with Crippen LogP contribution >= 0.6 is 27.3 Å². The third kappa shape index (κ3) is 2.53. The van der Waals surface area contributed by atoms with Crippen LogP contribution in [0.3, 0.4) is 0 Å². The van der Waals surface area contributed by atoms with Crippen LogP contribution in [0.25, 0.3) is 0 Å². The van der Waals surface area contributed by atoms with Crippen LogP contribution in [0.15, 0.2) is 15.9 Å². The van der Waals surface area contributed by atoms with Gasteiger partial charge in [0.05, 0.1) is 0 Å². The summed E-state index contributed by atoms with van der Waals surface area (Å²) in [6, 6.07) is 2.79. The largest absolute Gasteiger partial charge is 0.308 e. The fourth-order valence-corrected chi connectivity index (χ4v) is 4.47. The van der Waals surface area contributed by atoms with Crippen molar-refractivity contribution in [2.45, 2.75) is 44.8 Å². The molecule has 1 saturated carbocycles. The number of nitrogens with one attached hydrogen (secondary N) is 1. The van der Waals surface area contributed by atoms with Crippen molar-refractivity contribution in [3.63, 3.8) is 0 Å². The summed E-state index contributed by atoms with van der Waals surface area (Å²) < 4.78 is 1.27. The average molecular weight is 329 g/mol. The molecule has 1 aromatic rings. The fourth-order valence-electron chi connectivity index (χ4n) is 2.97. The van der Waals surface area contributed by atoms with E-state index in [9.17, 15) is 0 Å². The molecule has 18 heavy (non-hydrogen) atoms. The van der Waals surface area contributed by atoms with Crippen molar-refractivity contribution in [2.75, 3.05) is 13.1 Å². The van der Waals surface area contributed by atoms with E-state index < -0.39 is 0 Å². The molecule has 100 valence electrons. The van der Waals surface area contributed by atoms with Gasteiger partial charge in [-0.1, -0.05) is 0 Å². The Kier molecular flexibility index (Phi) is 3.56. The molecule has 2 atom stereocenters. The van der Waals surface area contributed by atoms with Crippen molar-refractivity contribution in [1.82, 2.24) is 10.2 Å². The second kappa shape index (κ2) is 4.89. The standard InChI is InChI=1S/C14H21BrN2S/c1-10-7-16-14(2,11-3-4-11)9-17(10)8-13-12(15)5-6-18-13/h5-6,10-11,16H,3-4,7-9H2,1-2H3. The van der Waals surface area contributed by atoms with Crippen molar-refractivity contribution in [3.8, 4) is 0 Å². The van der Waals surface area contributed by atoms with Gasteiger partial charge in [-0.25, -0.2) is 0 Å². The maximum atomic E-state index is 3.78. The molecule has 0 aromatic carbocycles. The number of piperazine rings is 1. The lowest BCUT2D eigenvalue weighted by Crippen LogP contribution is -2.62. The Bertz CT molecular complexity index is 429. The Labute approximate surface area is 122 Å². The molecule has 0 spiro atoms. The van der Waals surface area contributed by atoms with Crippen molar-refractivity contribution >= 4 is 27.3 Å². The van der Waals surface area contributed by atoms with Crippen molar-refractivity contribution < 1.29 is 0 Å². The van der Waals surface area contributed by atoms with E-state index in [0.717, 1.165) is 19.0 Å². The smallest absolute Gasteiger partial charge is 0.0343 e. The van der Waals surface area contributed by atoms with E-state index in [-0.39, 0.29) is 0 Å². The third-order valence-corrected chi connectivity index (χ3v) is 6.38. The van der Waals surface area contributed by atoms with Gasteiger partial charge in [0.1, 0.15) is 0 Å². The molecule has 2 fully saturated rings. The molecule has 0 radical (unpaired) electrons. The monoisotopic (exact) mass is 328 g/mol. The van der Waals surface area contributed by atoms with Gasteiger partial charge in [0, 0.05) is 40.6 Å². The molecule has 0 bridgehead atoms. The predicted octanol–water partition coefficient (Wildman–Crippen LogP) is 3.47. The van der Waals surface area contributed by atoms with Gasteiger partial charge in [-0.2, -0.15) is 0 Å². The van der Waals surface area contributed by atoms with E-state index in [4.69, 9.17) is 0 Å². The second-order valence-electron chi connectivity index (χ2n) is 6.02. The molecule has 3 rings (SSSR count). The highest BCUT2D eigenvalue weighted by molar-refractivity contribution is 9.10. The zero-order valence-electron chi connectivity index (χ0n) is 11.1. The summed E-state index contributed by atoms with van der Waals surface area (Å²) >= 11 is 5.51. The summed E-state index contributed by atoms with van der Waals surface area (Å²) in [6.45, 7) is 8.14. The molecular weight excluding hydrogens is 308 g/mol. The van der Waals surface area contributed by atoms with Crippen LogP contribution in [-0.2, 0) is 6.54 Å². The van der Waals surface area contributed by atoms with Gasteiger partial charge in [0.15, 0.2) is 0 Å². The molecule has 1 N–H and O–H groups in total. The molecule has 2 heterocycles. The predicted molar refractivity (Wildman–Crippen MR) is 81.0 cm³/mol. The van der Waals surface area contributed by atoms with Gasteiger partial charge in [-0.05, 0) is 60.0 Å². The second-order valence-corrected chi connectivity index (χ2v) is 7.87. The average Bonchev–Trinajstić information content (AvgIpc) is 3.12. The Balaban J connectivity index is 1.71. The molecule has 1 aromatic heterocycles. The number of nitrogens with zero attached hydrogens (tertiary/aromatic N) is 1. The summed E-state index contributed by atoms with van der Waals surface area (Å²) in [4.78, 5) is 4.10. The Morgan fingerprint density at radius 3 is 2.94 bits per heavy atom. The Morgan fingerprint density at radius 2 is 2.33 bits per heavy atom. The SMILES string of the molecule is CC1CNC(C)(C2CC2)CN1Cc1sccc1Br. The highest BCUT2D eigenvalue weighted by Gasteiger charge is 2.45. The summed E-state index contributed by atoms with van der Waals surface area (Å²) in [6.07, 6.45) is 2.82. The van der Waals surface area contributed by atoms with E-state index in [1.165, 1.54) is 28.7 Å². The fraction of sp³-hybridized carbons (Fsp3) is 0.714. The van der Waals surface area contributed by atoms with Gasteiger partial charge < -0.3 is 5.32 Å². The van der Waals surface area contributed by atoms with Crippen molar-refractivity contribution in [3.05, 3.63) is 20.8 Å². The summed E-state index contributed by atoms with van der Waals surface area (Å²) in [5.41, 5.74) is 0.343. The lowest BCUT2D eigenvalue weighted by Gasteiger charge is -2.45. The van der Waals surface area contributed by atoms with Gasteiger partial charge in [-0.3, -0.25) is 4.90 Å². The van der Waals surface area contributed by atoms with Crippen LogP contribution in [-0.4, -0.2) is 29.6 Å². The third-order valence-electron chi connectivity index (χ3n) is 4.47. The van der Waals surface area contributed by atoms with E-state index in [2.05, 4.69) is 51.4 Å². The maximum absolute atomic E-state index is 3.78. The quantitative estimate of drug-likeness (QED) is 0.913. The number of halogens is 1. The Hall–Kier alpha value is 0.100. The molecule has 2 nitrogen and oxygen atoms in total. The van der Waals surface area contributed by atoms with Crippen LogP contribution in [0, 0.1) is 5.92 Å². The topological polar surface area (TPSA) is 15.3 Å². The van der Waals surface area contributed by atoms with Gasteiger partial charge in [0.25, 0.3) is 0 Å². The van der Waals surface area contributed by atoms with E-state index in [0.29, 0.717) is 11.6 Å².